The van der Waals surface area contributed by atoms with Gasteiger partial charge in [-0.05, 0) is 35.0 Å². The third-order valence-electron chi connectivity index (χ3n) is 1.94. The number of nitrogens with zero attached hydrogens (tertiary/aromatic N) is 2. The zero-order chi connectivity index (χ0) is 12.4. The smallest absolute Gasteiger partial charge is 0.135 e. The molecule has 88 valence electrons. The van der Waals surface area contributed by atoms with Crippen LogP contribution in [0.5, 0.6) is 0 Å². The van der Waals surface area contributed by atoms with Crippen molar-refractivity contribution in [1.82, 2.24) is 9.97 Å². The number of halogens is 3. The van der Waals surface area contributed by atoms with Gasteiger partial charge >= 0.3 is 0 Å². The third kappa shape index (κ3) is 3.20. The van der Waals surface area contributed by atoms with Crippen LogP contribution in [-0.2, 0) is 0 Å². The molecule has 2 aromatic rings. The van der Waals surface area contributed by atoms with Gasteiger partial charge in [0.15, 0.2) is 0 Å². The summed E-state index contributed by atoms with van der Waals surface area (Å²) in [6, 6.07) is 4.81. The van der Waals surface area contributed by atoms with E-state index in [1.54, 1.807) is 13.0 Å². The lowest BCUT2D eigenvalue weighted by molar-refractivity contribution is 0.584. The van der Waals surface area contributed by atoms with E-state index in [4.69, 9.17) is 0 Å². The normalized spacial score (nSPS) is 10.4. The molecule has 0 fully saturated rings. The molecule has 17 heavy (non-hydrogen) atoms. The minimum Gasteiger partial charge on any atom is -0.340 e. The van der Waals surface area contributed by atoms with Crippen molar-refractivity contribution in [1.29, 1.82) is 0 Å². The zero-order valence-corrected chi connectivity index (χ0v) is 10.4. The van der Waals surface area contributed by atoms with Gasteiger partial charge in [-0.2, -0.15) is 0 Å². The predicted molar refractivity (Wildman–Crippen MR) is 64.1 cm³/mol. The van der Waals surface area contributed by atoms with E-state index < -0.39 is 11.6 Å². The molecule has 0 radical (unpaired) electrons. The van der Waals surface area contributed by atoms with Crippen molar-refractivity contribution in [3.8, 4) is 0 Å². The number of aryl methyl sites for hydroxylation is 1. The Kier molecular flexibility index (Phi) is 3.33. The molecule has 0 spiro atoms. The van der Waals surface area contributed by atoms with Gasteiger partial charge in [0.2, 0.25) is 0 Å². The summed E-state index contributed by atoms with van der Waals surface area (Å²) in [5, 5.41) is 2.81. The van der Waals surface area contributed by atoms with Gasteiger partial charge in [0.1, 0.15) is 27.9 Å². The van der Waals surface area contributed by atoms with E-state index in [2.05, 4.69) is 31.2 Å². The fraction of sp³-hybridized carbons (Fsp3) is 0.0909. The van der Waals surface area contributed by atoms with Gasteiger partial charge in [-0.1, -0.05) is 0 Å². The lowest BCUT2D eigenvalue weighted by atomic mass is 10.3. The van der Waals surface area contributed by atoms with Crippen LogP contribution >= 0.6 is 15.9 Å². The maximum absolute atomic E-state index is 13.0. The molecule has 0 bridgehead atoms. The van der Waals surface area contributed by atoms with E-state index in [0.717, 1.165) is 6.07 Å². The van der Waals surface area contributed by atoms with Gasteiger partial charge in [-0.25, -0.2) is 18.7 Å². The molecule has 0 aliphatic heterocycles. The van der Waals surface area contributed by atoms with E-state index >= 15 is 0 Å². The number of nitrogens with one attached hydrogen (secondary N) is 1. The monoisotopic (exact) mass is 299 g/mol. The summed E-state index contributed by atoms with van der Waals surface area (Å²) in [6.45, 7) is 1.72. The van der Waals surface area contributed by atoms with E-state index in [1.165, 1.54) is 12.1 Å². The molecule has 1 heterocycles. The molecule has 0 aliphatic rings. The van der Waals surface area contributed by atoms with Crippen LogP contribution in [-0.4, -0.2) is 9.97 Å². The first-order chi connectivity index (χ1) is 8.02. The number of rotatable bonds is 2. The SMILES string of the molecule is Cc1nc(Br)cc(Nc2cc(F)cc(F)c2)n1. The van der Waals surface area contributed by atoms with Crippen LogP contribution in [0.25, 0.3) is 0 Å². The second-order valence-electron chi connectivity index (χ2n) is 3.41. The Morgan fingerprint density at radius 1 is 1.06 bits per heavy atom. The van der Waals surface area contributed by atoms with Gasteiger partial charge in [-0.15, -0.1) is 0 Å². The average Bonchev–Trinajstić information content (AvgIpc) is 2.13. The minimum atomic E-state index is -0.641. The van der Waals surface area contributed by atoms with Crippen LogP contribution < -0.4 is 5.32 Å². The molecule has 1 N–H and O–H groups in total. The molecule has 1 aromatic carbocycles. The molecule has 0 aliphatic carbocycles. The van der Waals surface area contributed by atoms with Gasteiger partial charge in [0.25, 0.3) is 0 Å². The summed E-state index contributed by atoms with van der Waals surface area (Å²) in [5.41, 5.74) is 0.299. The van der Waals surface area contributed by atoms with Crippen LogP contribution in [0.4, 0.5) is 20.3 Å². The number of hydrogen-bond donors (Lipinski definition) is 1. The van der Waals surface area contributed by atoms with Crippen molar-refractivity contribution < 1.29 is 8.78 Å². The number of aromatic nitrogens is 2. The number of hydrogen-bond acceptors (Lipinski definition) is 3. The second-order valence-corrected chi connectivity index (χ2v) is 4.22. The summed E-state index contributed by atoms with van der Waals surface area (Å²) in [7, 11) is 0. The first-order valence-electron chi connectivity index (χ1n) is 4.77. The van der Waals surface area contributed by atoms with Crippen molar-refractivity contribution in [2.24, 2.45) is 0 Å². The summed E-state index contributed by atoms with van der Waals surface area (Å²) < 4.78 is 26.5. The highest BCUT2D eigenvalue weighted by Gasteiger charge is 2.03. The summed E-state index contributed by atoms with van der Waals surface area (Å²) in [4.78, 5) is 8.12. The van der Waals surface area contributed by atoms with Crippen molar-refractivity contribution in [2.45, 2.75) is 6.92 Å². The van der Waals surface area contributed by atoms with E-state index in [-0.39, 0.29) is 0 Å². The summed E-state index contributed by atoms with van der Waals surface area (Å²) in [5.74, 6) is -0.261. The topological polar surface area (TPSA) is 37.8 Å². The Hall–Kier alpha value is -1.56. The van der Waals surface area contributed by atoms with Gasteiger partial charge < -0.3 is 5.32 Å². The highest BCUT2D eigenvalue weighted by molar-refractivity contribution is 9.10. The first-order valence-corrected chi connectivity index (χ1v) is 5.56. The van der Waals surface area contributed by atoms with E-state index in [9.17, 15) is 8.78 Å². The standard InChI is InChI=1S/C11H8BrF2N3/c1-6-15-10(12)5-11(16-6)17-9-3-7(13)2-8(14)4-9/h2-5H,1H3,(H,15,16,17). The van der Waals surface area contributed by atoms with Gasteiger partial charge in [-0.3, -0.25) is 0 Å². The fourth-order valence-electron chi connectivity index (χ4n) is 1.37. The highest BCUT2D eigenvalue weighted by atomic mass is 79.9. The Balaban J connectivity index is 2.31. The molecular weight excluding hydrogens is 292 g/mol. The molecule has 0 saturated heterocycles. The largest absolute Gasteiger partial charge is 0.340 e. The zero-order valence-electron chi connectivity index (χ0n) is 8.84. The van der Waals surface area contributed by atoms with Crippen LogP contribution in [0.3, 0.4) is 0 Å². The molecule has 0 saturated carbocycles. The van der Waals surface area contributed by atoms with E-state index in [0.29, 0.717) is 21.9 Å². The molecule has 2 rings (SSSR count). The average molecular weight is 300 g/mol. The van der Waals surface area contributed by atoms with Crippen LogP contribution in [0.1, 0.15) is 5.82 Å². The van der Waals surface area contributed by atoms with Gasteiger partial charge in [0.05, 0.1) is 0 Å². The second kappa shape index (κ2) is 4.75. The van der Waals surface area contributed by atoms with Crippen LogP contribution in [0.2, 0.25) is 0 Å². The number of benzene rings is 1. The quantitative estimate of drug-likeness (QED) is 0.862. The molecule has 0 amide bonds. The predicted octanol–water partition coefficient (Wildman–Crippen LogP) is 3.57. The maximum atomic E-state index is 13.0. The van der Waals surface area contributed by atoms with Crippen LogP contribution in [0.15, 0.2) is 28.9 Å². The lowest BCUT2D eigenvalue weighted by Gasteiger charge is -2.06. The van der Waals surface area contributed by atoms with Crippen molar-refractivity contribution in [3.63, 3.8) is 0 Å². The molecule has 0 atom stereocenters. The molecule has 0 unspecified atom stereocenters. The van der Waals surface area contributed by atoms with Crippen molar-refractivity contribution in [2.75, 3.05) is 5.32 Å². The summed E-state index contributed by atoms with van der Waals surface area (Å²) in [6.07, 6.45) is 0. The summed E-state index contributed by atoms with van der Waals surface area (Å²) >= 11 is 3.22. The first kappa shape index (κ1) is 11.9. The Bertz CT molecular complexity index is 470. The van der Waals surface area contributed by atoms with E-state index in [1.807, 2.05) is 0 Å². The number of anilines is 2. The Morgan fingerprint density at radius 2 is 1.71 bits per heavy atom. The lowest BCUT2D eigenvalue weighted by Crippen LogP contribution is -1.98. The highest BCUT2D eigenvalue weighted by Crippen LogP contribution is 2.19. The van der Waals surface area contributed by atoms with Crippen LogP contribution in [0, 0.1) is 18.6 Å². The Labute approximate surface area is 105 Å². The van der Waals surface area contributed by atoms with Crippen molar-refractivity contribution >= 4 is 27.4 Å². The Morgan fingerprint density at radius 3 is 2.29 bits per heavy atom. The minimum absolute atomic E-state index is 0.299. The van der Waals surface area contributed by atoms with Gasteiger partial charge in [0, 0.05) is 17.8 Å². The molecule has 6 heteroatoms. The maximum Gasteiger partial charge on any atom is 0.135 e. The fourth-order valence-corrected chi connectivity index (χ4v) is 1.84. The molecule has 3 nitrogen and oxygen atoms in total. The molecular formula is C11H8BrF2N3. The molecule has 1 aromatic heterocycles. The third-order valence-corrected chi connectivity index (χ3v) is 2.35. The van der Waals surface area contributed by atoms with Crippen molar-refractivity contribution in [3.05, 3.63) is 46.3 Å².